The molecular formula is C32H44N4O4. The Bertz CT molecular complexity index is 1200. The number of likely N-dealkylation sites (tertiary alicyclic amines) is 1. The number of amides is 2. The number of hydrogen-bond acceptors (Lipinski definition) is 6. The van der Waals surface area contributed by atoms with Gasteiger partial charge in [-0.2, -0.15) is 0 Å². The number of methoxy groups -OCH3 is 1. The van der Waals surface area contributed by atoms with Crippen LogP contribution < -0.4 is 10.6 Å². The number of fused-ring (bicyclic) bond motifs is 1. The lowest BCUT2D eigenvalue weighted by Crippen LogP contribution is -2.59. The predicted molar refractivity (Wildman–Crippen MR) is 156 cm³/mol. The maximum atomic E-state index is 13.6. The molecule has 2 aromatic carbocycles. The summed E-state index contributed by atoms with van der Waals surface area (Å²) in [5, 5.41) is 10.9. The van der Waals surface area contributed by atoms with E-state index >= 15 is 0 Å². The smallest absolute Gasteiger partial charge is 0.256 e. The Morgan fingerprint density at radius 1 is 1.10 bits per heavy atom. The van der Waals surface area contributed by atoms with Crippen molar-refractivity contribution in [2.24, 2.45) is 11.1 Å². The molecule has 3 N–H and O–H groups in total. The van der Waals surface area contributed by atoms with Crippen LogP contribution in [0.25, 0.3) is 0 Å². The molecule has 8 heteroatoms. The van der Waals surface area contributed by atoms with E-state index in [0.717, 1.165) is 62.1 Å². The molecule has 40 heavy (non-hydrogen) atoms. The molecule has 2 aliphatic heterocycles. The molecule has 2 heterocycles. The van der Waals surface area contributed by atoms with Crippen LogP contribution in [0, 0.1) is 5.41 Å². The first-order chi connectivity index (χ1) is 19.4. The average molecular weight is 549 g/mol. The minimum atomic E-state index is -0.634. The van der Waals surface area contributed by atoms with E-state index < -0.39 is 6.10 Å². The van der Waals surface area contributed by atoms with Crippen molar-refractivity contribution in [1.29, 1.82) is 0 Å². The van der Waals surface area contributed by atoms with E-state index in [-0.39, 0.29) is 23.8 Å². The molecule has 3 aliphatic rings. The van der Waals surface area contributed by atoms with Crippen LogP contribution >= 0.6 is 0 Å². The second kappa shape index (κ2) is 12.3. The molecule has 5 rings (SSSR count). The van der Waals surface area contributed by atoms with Gasteiger partial charge in [0, 0.05) is 63.9 Å². The van der Waals surface area contributed by atoms with Crippen molar-refractivity contribution in [3.63, 3.8) is 0 Å². The summed E-state index contributed by atoms with van der Waals surface area (Å²) >= 11 is 0. The molecule has 1 saturated carbocycles. The fourth-order valence-electron chi connectivity index (χ4n) is 6.76. The Balaban J connectivity index is 1.23. The number of hydrogen-bond donors (Lipinski definition) is 2. The fourth-order valence-corrected chi connectivity index (χ4v) is 6.76. The quantitative estimate of drug-likeness (QED) is 0.498. The van der Waals surface area contributed by atoms with E-state index in [0.29, 0.717) is 49.7 Å². The van der Waals surface area contributed by atoms with Gasteiger partial charge in [0.2, 0.25) is 0 Å². The molecule has 8 nitrogen and oxygen atoms in total. The van der Waals surface area contributed by atoms with Crippen LogP contribution in [0.1, 0.15) is 70.9 Å². The minimum absolute atomic E-state index is 0.0417. The number of benzene rings is 2. The van der Waals surface area contributed by atoms with Crippen LogP contribution in [0.5, 0.6) is 0 Å². The number of nitrogens with two attached hydrogens (primary N) is 1. The zero-order valence-electron chi connectivity index (χ0n) is 24.0. The van der Waals surface area contributed by atoms with E-state index in [4.69, 9.17) is 10.5 Å². The number of aliphatic hydroxyl groups is 1. The molecule has 1 atom stereocenters. The van der Waals surface area contributed by atoms with Gasteiger partial charge in [-0.1, -0.05) is 24.3 Å². The minimum Gasteiger partial charge on any atom is -0.391 e. The van der Waals surface area contributed by atoms with Gasteiger partial charge in [0.1, 0.15) is 0 Å². The largest absolute Gasteiger partial charge is 0.391 e. The van der Waals surface area contributed by atoms with Crippen LogP contribution in [0.15, 0.2) is 42.5 Å². The molecule has 0 bridgehead atoms. The van der Waals surface area contributed by atoms with Crippen LogP contribution in [-0.4, -0.2) is 85.3 Å². The van der Waals surface area contributed by atoms with Crippen molar-refractivity contribution < 1.29 is 19.4 Å². The first-order valence-corrected chi connectivity index (χ1v) is 14.8. The van der Waals surface area contributed by atoms with Gasteiger partial charge in [-0.15, -0.1) is 0 Å². The SMILES string of the molecule is CCN1CCN(C[C@@H](O)CCc2ccccc2CN)C(=O)c2ccc(C(=O)N3CC4(CCC(OC)CC4)C3)cc21. The number of carbonyl (C=O) groups excluding carboxylic acids is 2. The third-order valence-electron chi connectivity index (χ3n) is 9.31. The zero-order valence-corrected chi connectivity index (χ0v) is 24.0. The number of aliphatic hydroxyl groups excluding tert-OH is 1. The van der Waals surface area contributed by atoms with Crippen LogP contribution in [-0.2, 0) is 17.7 Å². The summed E-state index contributed by atoms with van der Waals surface area (Å²) in [5.74, 6) is -0.0516. The van der Waals surface area contributed by atoms with Gasteiger partial charge < -0.3 is 30.3 Å². The second-order valence-electron chi connectivity index (χ2n) is 11.8. The van der Waals surface area contributed by atoms with Gasteiger partial charge >= 0.3 is 0 Å². The molecule has 0 radical (unpaired) electrons. The summed E-state index contributed by atoms with van der Waals surface area (Å²) in [6.45, 7) is 6.34. The van der Waals surface area contributed by atoms with E-state index in [2.05, 4.69) is 11.8 Å². The average Bonchev–Trinajstić information content (AvgIpc) is 3.10. The summed E-state index contributed by atoms with van der Waals surface area (Å²) < 4.78 is 5.52. The predicted octanol–water partition coefficient (Wildman–Crippen LogP) is 3.45. The third kappa shape index (κ3) is 5.90. The highest BCUT2D eigenvalue weighted by Crippen LogP contribution is 2.45. The molecule has 2 amide bonds. The maximum absolute atomic E-state index is 13.6. The van der Waals surface area contributed by atoms with Crippen LogP contribution in [0.4, 0.5) is 5.69 Å². The van der Waals surface area contributed by atoms with Gasteiger partial charge in [-0.05, 0) is 74.8 Å². The lowest BCUT2D eigenvalue weighted by atomic mass is 9.68. The molecule has 0 unspecified atom stereocenters. The molecule has 0 aromatic heterocycles. The zero-order chi connectivity index (χ0) is 28.3. The Morgan fingerprint density at radius 3 is 2.48 bits per heavy atom. The highest BCUT2D eigenvalue weighted by molar-refractivity contribution is 6.03. The van der Waals surface area contributed by atoms with Gasteiger partial charge in [0.25, 0.3) is 11.8 Å². The van der Waals surface area contributed by atoms with Gasteiger partial charge in [-0.3, -0.25) is 9.59 Å². The lowest BCUT2D eigenvalue weighted by Gasteiger charge is -2.53. The molecular weight excluding hydrogens is 504 g/mol. The van der Waals surface area contributed by atoms with Crippen LogP contribution in [0.2, 0.25) is 0 Å². The fraction of sp³-hybridized carbons (Fsp3) is 0.562. The van der Waals surface area contributed by atoms with Crippen molar-refractivity contribution in [2.75, 3.05) is 51.3 Å². The number of rotatable bonds is 9. The monoisotopic (exact) mass is 548 g/mol. The topological polar surface area (TPSA) is 99.3 Å². The van der Waals surface area contributed by atoms with Gasteiger partial charge in [0.15, 0.2) is 0 Å². The van der Waals surface area contributed by atoms with Crippen molar-refractivity contribution in [3.8, 4) is 0 Å². The number of carbonyl (C=O) groups is 2. The van der Waals surface area contributed by atoms with E-state index in [1.54, 1.807) is 24.1 Å². The number of likely N-dealkylation sites (N-methyl/N-ethyl adjacent to an activating group) is 1. The standard InChI is InChI=1S/C32H44N4O4/c1-3-34-16-17-35(20-26(37)10-8-23-6-4-5-7-25(23)19-33)31(39)28-11-9-24(18-29(28)34)30(38)36-21-32(22-36)14-12-27(40-2)13-15-32/h4-7,9,11,18,26-27,37H,3,8,10,12-17,19-22,33H2,1-2H3/t26-/m0/s1. The molecule has 1 aliphatic carbocycles. The molecule has 216 valence electrons. The normalized spacial score (nSPS) is 19.8. The third-order valence-corrected chi connectivity index (χ3v) is 9.31. The van der Waals surface area contributed by atoms with E-state index in [9.17, 15) is 14.7 Å². The number of aryl methyl sites for hydroxylation is 1. The number of β-amino-alcohol motifs (C(OH)–C–C–N with tert-alkyl or cyclic N) is 1. The number of anilines is 1. The summed E-state index contributed by atoms with van der Waals surface area (Å²) in [7, 11) is 1.79. The number of nitrogens with zero attached hydrogens (tertiary/aromatic N) is 3. The highest BCUT2D eigenvalue weighted by Gasteiger charge is 2.47. The molecule has 1 spiro atoms. The number of ether oxygens (including phenoxy) is 1. The van der Waals surface area contributed by atoms with Gasteiger partial charge in [-0.25, -0.2) is 0 Å². The van der Waals surface area contributed by atoms with Gasteiger partial charge in [0.05, 0.1) is 23.5 Å². The highest BCUT2D eigenvalue weighted by atomic mass is 16.5. The Kier molecular flexibility index (Phi) is 8.78. The van der Waals surface area contributed by atoms with Crippen molar-refractivity contribution >= 4 is 17.5 Å². The summed E-state index contributed by atoms with van der Waals surface area (Å²) in [6.07, 6.45) is 5.34. The summed E-state index contributed by atoms with van der Waals surface area (Å²) in [6, 6.07) is 13.5. The molecule has 1 saturated heterocycles. The maximum Gasteiger partial charge on any atom is 0.256 e. The molecule has 2 fully saturated rings. The lowest BCUT2D eigenvalue weighted by molar-refractivity contribution is -0.0486. The second-order valence-corrected chi connectivity index (χ2v) is 11.8. The first-order valence-electron chi connectivity index (χ1n) is 14.8. The summed E-state index contributed by atoms with van der Waals surface area (Å²) in [4.78, 5) is 32.9. The van der Waals surface area contributed by atoms with Crippen molar-refractivity contribution in [1.82, 2.24) is 9.80 Å². The van der Waals surface area contributed by atoms with Crippen molar-refractivity contribution in [3.05, 3.63) is 64.7 Å². The Morgan fingerprint density at radius 2 is 1.80 bits per heavy atom. The van der Waals surface area contributed by atoms with E-state index in [1.165, 1.54) is 0 Å². The first kappa shape index (κ1) is 28.6. The summed E-state index contributed by atoms with van der Waals surface area (Å²) in [5.41, 5.74) is 10.4. The Labute approximate surface area is 238 Å². The van der Waals surface area contributed by atoms with E-state index in [1.807, 2.05) is 35.2 Å². The van der Waals surface area contributed by atoms with Crippen molar-refractivity contribution in [2.45, 2.75) is 64.2 Å². The Hall–Kier alpha value is -2.94. The molecule has 2 aromatic rings. The van der Waals surface area contributed by atoms with Crippen LogP contribution in [0.3, 0.4) is 0 Å².